The van der Waals surface area contributed by atoms with E-state index >= 15 is 0 Å². The first kappa shape index (κ1) is 33.5. The molecule has 3 aromatic heterocycles. The molecule has 278 valence electrons. The summed E-state index contributed by atoms with van der Waals surface area (Å²) in [6, 6.07) is 67.2. The second-order valence-corrected chi connectivity index (χ2v) is 16.1. The van der Waals surface area contributed by atoms with Crippen LogP contribution in [-0.4, -0.2) is 24.1 Å². The first-order valence-corrected chi connectivity index (χ1v) is 20.2. The van der Waals surface area contributed by atoms with Crippen molar-refractivity contribution in [2.24, 2.45) is 0 Å². The molecule has 0 bridgehead atoms. The molecule has 59 heavy (non-hydrogen) atoms. The van der Waals surface area contributed by atoms with Gasteiger partial charge in [0.05, 0.1) is 22.1 Å². The van der Waals surface area contributed by atoms with E-state index in [2.05, 4.69) is 193 Å². The lowest BCUT2D eigenvalue weighted by Crippen LogP contribution is -2.15. The van der Waals surface area contributed by atoms with Crippen LogP contribution in [0.4, 0.5) is 0 Å². The predicted octanol–water partition coefficient (Wildman–Crippen LogP) is 13.4. The molecule has 0 fully saturated rings. The number of fused-ring (bicyclic) bond motifs is 9. The molecule has 0 saturated carbocycles. The van der Waals surface area contributed by atoms with Crippen LogP contribution in [0, 0.1) is 0 Å². The van der Waals surface area contributed by atoms with Crippen LogP contribution in [0.1, 0.15) is 25.0 Å². The third-order valence-electron chi connectivity index (χ3n) is 12.4. The van der Waals surface area contributed by atoms with Crippen molar-refractivity contribution >= 4 is 43.6 Å². The smallest absolute Gasteiger partial charge is 0.238 e. The van der Waals surface area contributed by atoms with Crippen molar-refractivity contribution in [3.8, 4) is 56.7 Å². The lowest BCUT2D eigenvalue weighted by Gasteiger charge is -2.21. The van der Waals surface area contributed by atoms with Crippen LogP contribution >= 0.6 is 0 Å². The van der Waals surface area contributed by atoms with E-state index in [1.807, 2.05) is 18.2 Å². The summed E-state index contributed by atoms with van der Waals surface area (Å²) < 4.78 is 4.62. The van der Waals surface area contributed by atoms with E-state index in [-0.39, 0.29) is 5.41 Å². The number of hydrogen-bond donors (Lipinski definition) is 0. The van der Waals surface area contributed by atoms with E-state index in [9.17, 15) is 0 Å². The normalized spacial score (nSPS) is 13.1. The number of para-hydroxylation sites is 2. The average molecular weight is 756 g/mol. The van der Waals surface area contributed by atoms with Gasteiger partial charge >= 0.3 is 0 Å². The summed E-state index contributed by atoms with van der Waals surface area (Å²) in [4.78, 5) is 15.8. The van der Waals surface area contributed by atoms with Gasteiger partial charge in [-0.15, -0.1) is 0 Å². The van der Waals surface area contributed by atoms with E-state index < -0.39 is 0 Å². The molecule has 3 heterocycles. The van der Waals surface area contributed by atoms with Crippen LogP contribution < -0.4 is 0 Å². The van der Waals surface area contributed by atoms with Crippen LogP contribution in [0.3, 0.4) is 0 Å². The van der Waals surface area contributed by atoms with Gasteiger partial charge in [0.25, 0.3) is 0 Å². The molecular weight excluding hydrogens is 719 g/mol. The summed E-state index contributed by atoms with van der Waals surface area (Å²) in [6.07, 6.45) is 0. The zero-order valence-electron chi connectivity index (χ0n) is 32.6. The van der Waals surface area contributed by atoms with Crippen molar-refractivity contribution in [2.45, 2.75) is 19.3 Å². The molecule has 5 heteroatoms. The predicted molar refractivity (Wildman–Crippen MR) is 242 cm³/mol. The Morgan fingerprint density at radius 3 is 1.59 bits per heavy atom. The van der Waals surface area contributed by atoms with Gasteiger partial charge in [-0.05, 0) is 75.8 Å². The van der Waals surface area contributed by atoms with Crippen molar-refractivity contribution in [3.05, 3.63) is 199 Å². The quantitative estimate of drug-likeness (QED) is 0.176. The molecule has 0 spiro atoms. The monoisotopic (exact) mass is 755 g/mol. The topological polar surface area (TPSA) is 48.5 Å². The lowest BCUT2D eigenvalue weighted by atomic mass is 9.82. The van der Waals surface area contributed by atoms with E-state index in [0.29, 0.717) is 17.6 Å². The minimum atomic E-state index is -0.154. The molecule has 5 nitrogen and oxygen atoms in total. The number of nitrogens with zero attached hydrogens (tertiary/aromatic N) is 5. The van der Waals surface area contributed by atoms with Gasteiger partial charge in [0, 0.05) is 43.8 Å². The number of benzene rings is 8. The molecular formula is C54H37N5. The molecule has 0 amide bonds. The first-order valence-electron chi connectivity index (χ1n) is 20.2. The van der Waals surface area contributed by atoms with Crippen molar-refractivity contribution in [1.29, 1.82) is 0 Å². The Bertz CT molecular complexity index is 3450. The SMILES string of the molecule is CC1(C)c2ccccc2-c2ccc(-c3nc(-c4ccccc4)nc(-n4c5ccccc5c5cc6c7ccccc7n(-c7ccc(-c8ccccc8)cc7)c6cc54)n3)cc21. The third-order valence-corrected chi connectivity index (χ3v) is 12.4. The van der Waals surface area contributed by atoms with E-state index in [4.69, 9.17) is 15.0 Å². The summed E-state index contributed by atoms with van der Waals surface area (Å²) in [7, 11) is 0. The van der Waals surface area contributed by atoms with Gasteiger partial charge in [-0.25, -0.2) is 4.98 Å². The highest BCUT2D eigenvalue weighted by Crippen LogP contribution is 2.49. The van der Waals surface area contributed by atoms with Crippen molar-refractivity contribution < 1.29 is 0 Å². The van der Waals surface area contributed by atoms with Gasteiger partial charge < -0.3 is 4.57 Å². The number of aromatic nitrogens is 5. The lowest BCUT2D eigenvalue weighted by molar-refractivity contribution is 0.660. The fourth-order valence-electron chi connectivity index (χ4n) is 9.51. The van der Waals surface area contributed by atoms with Crippen molar-refractivity contribution in [1.82, 2.24) is 24.1 Å². The van der Waals surface area contributed by atoms with E-state index in [1.54, 1.807) is 0 Å². The number of rotatable bonds is 5. The molecule has 8 aromatic carbocycles. The molecule has 1 aliphatic rings. The minimum absolute atomic E-state index is 0.154. The standard InChI is InChI=1S/C54H37N5/c1-54(2)45-22-12-9-19-39(45)40-30-27-37(31-46(40)54)52-55-51(36-17-7-4-8-18-36)56-53(57-52)59-48-24-14-11-21-42(48)44-32-43-41-20-10-13-23-47(41)58(49(43)33-50(44)59)38-28-25-35(26-29-38)34-15-5-3-6-16-34/h3-33H,1-2H3. The second-order valence-electron chi connectivity index (χ2n) is 16.1. The molecule has 0 N–H and O–H groups in total. The molecule has 0 atom stereocenters. The fourth-order valence-corrected chi connectivity index (χ4v) is 9.51. The molecule has 11 aromatic rings. The Hall–Kier alpha value is -7.63. The highest BCUT2D eigenvalue weighted by molar-refractivity contribution is 6.19. The summed E-state index contributed by atoms with van der Waals surface area (Å²) >= 11 is 0. The average Bonchev–Trinajstić information content (AvgIpc) is 3.88. The Morgan fingerprint density at radius 2 is 0.881 bits per heavy atom. The maximum absolute atomic E-state index is 5.37. The molecule has 0 radical (unpaired) electrons. The van der Waals surface area contributed by atoms with Crippen LogP contribution in [0.5, 0.6) is 0 Å². The molecule has 0 aliphatic heterocycles. The summed E-state index contributed by atoms with van der Waals surface area (Å²) in [5, 5.41) is 4.71. The second kappa shape index (κ2) is 12.7. The minimum Gasteiger partial charge on any atom is -0.309 e. The van der Waals surface area contributed by atoms with Crippen LogP contribution in [-0.2, 0) is 5.41 Å². The third kappa shape index (κ3) is 5.08. The van der Waals surface area contributed by atoms with E-state index in [1.165, 1.54) is 44.2 Å². The molecule has 12 rings (SSSR count). The van der Waals surface area contributed by atoms with Gasteiger partial charge in [0.1, 0.15) is 0 Å². The Morgan fingerprint density at radius 1 is 0.356 bits per heavy atom. The Kier molecular flexibility index (Phi) is 7.20. The van der Waals surface area contributed by atoms with Crippen LogP contribution in [0.25, 0.3) is 100 Å². The van der Waals surface area contributed by atoms with Gasteiger partial charge in [-0.1, -0.05) is 159 Å². The summed E-state index contributed by atoms with van der Waals surface area (Å²) in [5.41, 5.74) is 14.8. The molecule has 0 unspecified atom stereocenters. The number of hydrogen-bond acceptors (Lipinski definition) is 3. The van der Waals surface area contributed by atoms with Crippen LogP contribution in [0.2, 0.25) is 0 Å². The molecule has 1 aliphatic carbocycles. The Labute approximate surface area is 341 Å². The van der Waals surface area contributed by atoms with Crippen molar-refractivity contribution in [3.63, 3.8) is 0 Å². The first-order chi connectivity index (χ1) is 29.0. The fraction of sp³-hybridized carbons (Fsp3) is 0.0556. The zero-order valence-corrected chi connectivity index (χ0v) is 32.6. The van der Waals surface area contributed by atoms with Gasteiger partial charge in [0.15, 0.2) is 11.6 Å². The Balaban J connectivity index is 1.11. The summed E-state index contributed by atoms with van der Waals surface area (Å²) in [6.45, 7) is 4.62. The van der Waals surface area contributed by atoms with Gasteiger partial charge in [-0.2, -0.15) is 9.97 Å². The maximum Gasteiger partial charge on any atom is 0.238 e. The zero-order chi connectivity index (χ0) is 39.2. The summed E-state index contributed by atoms with van der Waals surface area (Å²) in [5.74, 6) is 1.86. The van der Waals surface area contributed by atoms with Crippen LogP contribution in [0.15, 0.2) is 188 Å². The molecule has 0 saturated heterocycles. The highest BCUT2D eigenvalue weighted by atomic mass is 15.2. The largest absolute Gasteiger partial charge is 0.309 e. The highest BCUT2D eigenvalue weighted by Gasteiger charge is 2.35. The van der Waals surface area contributed by atoms with Gasteiger partial charge in [0.2, 0.25) is 5.95 Å². The van der Waals surface area contributed by atoms with E-state index in [0.717, 1.165) is 49.7 Å². The van der Waals surface area contributed by atoms with Gasteiger partial charge in [-0.3, -0.25) is 4.57 Å². The maximum atomic E-state index is 5.37. The van der Waals surface area contributed by atoms with Crippen molar-refractivity contribution in [2.75, 3.05) is 0 Å².